The predicted molar refractivity (Wildman–Crippen MR) is 124 cm³/mol. The number of hydrogen-bond acceptors (Lipinski definition) is 5. The monoisotopic (exact) mass is 502 g/mol. The molecule has 3 aromatic rings. The summed E-state index contributed by atoms with van der Waals surface area (Å²) in [6.07, 6.45) is 0.0549. The quantitative estimate of drug-likeness (QED) is 0.416. The van der Waals surface area contributed by atoms with Crippen molar-refractivity contribution in [3.63, 3.8) is 0 Å². The SMILES string of the molecule is NC1CCC([n+]2cc([N-]C(=O)Nc3cc(NC(=O)Cc4ccccc4)cc(C(F)(F)F)c3)on2)CC1. The summed E-state index contributed by atoms with van der Waals surface area (Å²) in [5.41, 5.74) is 5.27. The zero-order valence-corrected chi connectivity index (χ0v) is 19.2. The topological polar surface area (TPSA) is 128 Å². The smallest absolute Gasteiger partial charge is 0.416 e. The number of nitrogens with zero attached hydrogens (tertiary/aromatic N) is 3. The molecule has 4 N–H and O–H groups in total. The molecule has 9 nitrogen and oxygen atoms in total. The van der Waals surface area contributed by atoms with Crippen molar-refractivity contribution in [2.24, 2.45) is 5.73 Å². The number of carbonyl (C=O) groups excluding carboxylic acids is 2. The number of anilines is 2. The molecule has 0 saturated heterocycles. The molecule has 0 unspecified atom stereocenters. The van der Waals surface area contributed by atoms with E-state index in [1.165, 1.54) is 12.3 Å². The number of urea groups is 1. The summed E-state index contributed by atoms with van der Waals surface area (Å²) in [5, 5.41) is 12.4. The van der Waals surface area contributed by atoms with E-state index in [1.54, 1.807) is 35.0 Å². The lowest BCUT2D eigenvalue weighted by molar-refractivity contribution is -0.787. The van der Waals surface area contributed by atoms with E-state index in [4.69, 9.17) is 10.3 Å². The summed E-state index contributed by atoms with van der Waals surface area (Å²) in [7, 11) is 0. The molecule has 1 saturated carbocycles. The third-order valence-electron chi connectivity index (χ3n) is 5.80. The minimum Gasteiger partial charge on any atom is -0.424 e. The largest absolute Gasteiger partial charge is 0.424 e. The number of nitrogens with two attached hydrogens (primary N) is 1. The molecule has 3 amide bonds. The van der Waals surface area contributed by atoms with Gasteiger partial charge >= 0.3 is 6.18 Å². The average Bonchev–Trinajstić information content (AvgIpc) is 3.27. The molecule has 0 aliphatic heterocycles. The number of nitrogens with one attached hydrogen (secondary N) is 2. The fourth-order valence-electron chi connectivity index (χ4n) is 4.01. The molecule has 2 aromatic carbocycles. The van der Waals surface area contributed by atoms with Gasteiger partial charge in [-0.2, -0.15) is 13.2 Å². The first kappa shape index (κ1) is 25.2. The Morgan fingerprint density at radius 2 is 1.72 bits per heavy atom. The van der Waals surface area contributed by atoms with Gasteiger partial charge < -0.3 is 26.2 Å². The van der Waals surface area contributed by atoms with Crippen LogP contribution in [0.15, 0.2) is 59.3 Å². The molecule has 1 aliphatic carbocycles. The van der Waals surface area contributed by atoms with Gasteiger partial charge in [0.1, 0.15) is 0 Å². The number of halogens is 3. The lowest BCUT2D eigenvalue weighted by Crippen LogP contribution is -2.44. The molecule has 190 valence electrons. The van der Waals surface area contributed by atoms with E-state index < -0.39 is 23.7 Å². The summed E-state index contributed by atoms with van der Waals surface area (Å²) in [4.78, 5) is 24.7. The van der Waals surface area contributed by atoms with Gasteiger partial charge in [-0.25, -0.2) is 0 Å². The molecule has 12 heteroatoms. The Morgan fingerprint density at radius 1 is 1.06 bits per heavy atom. The highest BCUT2D eigenvalue weighted by molar-refractivity contribution is 6.04. The van der Waals surface area contributed by atoms with Crippen LogP contribution in [0.1, 0.15) is 42.9 Å². The zero-order valence-electron chi connectivity index (χ0n) is 19.2. The second-order valence-electron chi connectivity index (χ2n) is 8.64. The van der Waals surface area contributed by atoms with Crippen LogP contribution >= 0.6 is 0 Å². The highest BCUT2D eigenvalue weighted by Gasteiger charge is 2.31. The molecule has 1 aliphatic rings. The molecule has 1 aromatic heterocycles. The molecule has 0 atom stereocenters. The van der Waals surface area contributed by atoms with Crippen molar-refractivity contribution in [1.82, 2.24) is 5.27 Å². The lowest BCUT2D eigenvalue weighted by atomic mass is 9.92. The number of hydrogen-bond donors (Lipinski definition) is 3. The highest BCUT2D eigenvalue weighted by Crippen LogP contribution is 2.34. The standard InChI is InChI=1S/C24H25F3N6O3/c25-24(26,27)16-11-18(29-21(34)10-15-4-2-1-3-5-15)13-19(12-16)30-23(35)31-22-14-33(32-36-22)20-8-6-17(28)7-9-20/h1-5,11-14,17,20H,6-10,28H2,(H2-,29,30,31,32,34,35). The molecular formula is C24H25F3N6O3. The van der Waals surface area contributed by atoms with Gasteiger partial charge in [0.2, 0.25) is 18.0 Å². The number of alkyl halides is 3. The van der Waals surface area contributed by atoms with Crippen LogP contribution in [0, 0.1) is 0 Å². The molecule has 0 radical (unpaired) electrons. The second-order valence-corrected chi connectivity index (χ2v) is 8.64. The fourth-order valence-corrected chi connectivity index (χ4v) is 4.01. The van der Waals surface area contributed by atoms with Gasteiger partial charge in [0, 0.05) is 24.6 Å². The normalized spacial score (nSPS) is 17.9. The second kappa shape index (κ2) is 10.8. The molecule has 1 heterocycles. The van der Waals surface area contributed by atoms with Gasteiger partial charge in [0.25, 0.3) is 0 Å². The van der Waals surface area contributed by atoms with Crippen LogP contribution < -0.4 is 21.0 Å². The maximum atomic E-state index is 13.4. The maximum Gasteiger partial charge on any atom is 0.416 e. The first-order valence-corrected chi connectivity index (χ1v) is 11.4. The summed E-state index contributed by atoms with van der Waals surface area (Å²) >= 11 is 0. The molecule has 1 fully saturated rings. The zero-order chi connectivity index (χ0) is 25.7. The lowest BCUT2D eigenvalue weighted by Gasteiger charge is -2.19. The maximum absolute atomic E-state index is 13.4. The van der Waals surface area contributed by atoms with Crippen LogP contribution in [-0.2, 0) is 17.4 Å². The van der Waals surface area contributed by atoms with Gasteiger partial charge in [0.15, 0.2) is 17.3 Å². The van der Waals surface area contributed by atoms with E-state index in [-0.39, 0.29) is 35.8 Å². The Labute approximate surface area is 204 Å². The third-order valence-corrected chi connectivity index (χ3v) is 5.80. The van der Waals surface area contributed by atoms with E-state index in [0.717, 1.165) is 37.8 Å². The molecule has 36 heavy (non-hydrogen) atoms. The molecule has 0 bridgehead atoms. The summed E-state index contributed by atoms with van der Waals surface area (Å²) < 4.78 is 47.0. The molecule has 0 spiro atoms. The van der Waals surface area contributed by atoms with E-state index in [1.807, 2.05) is 0 Å². The third kappa shape index (κ3) is 6.81. The molecular weight excluding hydrogens is 477 g/mol. The fraction of sp³-hybridized carbons (Fsp3) is 0.333. The first-order chi connectivity index (χ1) is 17.2. The number of benzene rings is 2. The van der Waals surface area contributed by atoms with Crippen molar-refractivity contribution in [1.29, 1.82) is 0 Å². The van der Waals surface area contributed by atoms with Crippen LogP contribution in [0.3, 0.4) is 0 Å². The van der Waals surface area contributed by atoms with E-state index in [2.05, 4.69) is 21.2 Å². The van der Waals surface area contributed by atoms with E-state index >= 15 is 0 Å². The van der Waals surface area contributed by atoms with Crippen molar-refractivity contribution in [2.45, 2.75) is 50.4 Å². The van der Waals surface area contributed by atoms with Gasteiger partial charge in [-0.15, -0.1) is 0 Å². The van der Waals surface area contributed by atoms with Crippen LogP contribution in [0.4, 0.5) is 35.2 Å². The van der Waals surface area contributed by atoms with Crippen LogP contribution in [0.5, 0.6) is 0 Å². The van der Waals surface area contributed by atoms with Crippen molar-refractivity contribution >= 4 is 29.2 Å². The van der Waals surface area contributed by atoms with Crippen LogP contribution in [-0.4, -0.2) is 23.3 Å². The average molecular weight is 502 g/mol. The van der Waals surface area contributed by atoms with Crippen molar-refractivity contribution < 1.29 is 32.0 Å². The van der Waals surface area contributed by atoms with E-state index in [9.17, 15) is 22.8 Å². The minimum atomic E-state index is -4.70. The Bertz CT molecular complexity index is 1210. The Kier molecular flexibility index (Phi) is 7.53. The Hall–Kier alpha value is -3.93. The van der Waals surface area contributed by atoms with Gasteiger partial charge in [-0.05, 0) is 42.3 Å². The van der Waals surface area contributed by atoms with Gasteiger partial charge in [-0.1, -0.05) is 35.0 Å². The van der Waals surface area contributed by atoms with Gasteiger partial charge in [-0.3, -0.25) is 9.59 Å². The number of carbonyl (C=O) groups is 2. The Morgan fingerprint density at radius 3 is 2.39 bits per heavy atom. The van der Waals surface area contributed by atoms with Crippen molar-refractivity contribution in [2.75, 3.05) is 10.6 Å². The highest BCUT2D eigenvalue weighted by atomic mass is 19.4. The number of rotatable bonds is 6. The number of aromatic nitrogens is 2. The Balaban J connectivity index is 1.42. The summed E-state index contributed by atoms with van der Waals surface area (Å²) in [6, 6.07) is 10.8. The van der Waals surface area contributed by atoms with Gasteiger partial charge in [0.05, 0.1) is 12.0 Å². The predicted octanol–water partition coefficient (Wildman–Crippen LogP) is 4.84. The minimum absolute atomic E-state index is 0.0213. The van der Waals surface area contributed by atoms with Crippen molar-refractivity contribution in [3.8, 4) is 0 Å². The number of amides is 3. The van der Waals surface area contributed by atoms with Crippen LogP contribution in [0.25, 0.3) is 5.32 Å². The van der Waals surface area contributed by atoms with Crippen molar-refractivity contribution in [3.05, 3.63) is 71.2 Å². The van der Waals surface area contributed by atoms with Crippen LogP contribution in [0.2, 0.25) is 0 Å². The van der Waals surface area contributed by atoms with E-state index in [0.29, 0.717) is 5.56 Å². The molecule has 4 rings (SSSR count). The summed E-state index contributed by atoms with van der Waals surface area (Å²) in [5.74, 6) is -0.594. The first-order valence-electron chi connectivity index (χ1n) is 11.4. The summed E-state index contributed by atoms with van der Waals surface area (Å²) in [6.45, 7) is 0.